The van der Waals surface area contributed by atoms with Gasteiger partial charge in [-0.05, 0) is 78.4 Å². The van der Waals surface area contributed by atoms with Crippen LogP contribution in [0.5, 0.6) is 11.5 Å². The number of nitrogens with zero attached hydrogens (tertiary/aromatic N) is 2. The molecule has 0 bridgehead atoms. The molecule has 0 aliphatic carbocycles. The van der Waals surface area contributed by atoms with Crippen LogP contribution in [0.2, 0.25) is 0 Å². The molecule has 1 amide bonds. The van der Waals surface area contributed by atoms with Gasteiger partial charge in [0.05, 0.1) is 18.3 Å². The predicted octanol–water partition coefficient (Wildman–Crippen LogP) is 6.22. The zero-order valence-corrected chi connectivity index (χ0v) is 28.8. The molecular formula is C38H41N5O6S. The Hall–Kier alpha value is -5.62. The Bertz CT molecular complexity index is 1970. The molecule has 0 spiro atoms. The lowest BCUT2D eigenvalue weighted by Crippen LogP contribution is -2.42. The SMILES string of the molecule is Cc1c(NS(C)(=O)=O)cccc1N(Cc1ccccc1)Cc1ccc(Oc2ccc(CCCC(=O)N[C@@H](Cc3cnc[nH]3)C(=O)O)cc2)cc1. The molecule has 0 fully saturated rings. The number of sulfonamides is 1. The lowest BCUT2D eigenvalue weighted by molar-refractivity contribution is -0.141. The molecule has 1 heterocycles. The van der Waals surface area contributed by atoms with Crippen molar-refractivity contribution in [2.45, 2.75) is 51.7 Å². The second-order valence-corrected chi connectivity index (χ2v) is 13.9. The number of anilines is 2. The van der Waals surface area contributed by atoms with Crippen LogP contribution in [0.15, 0.2) is 110 Å². The number of aliphatic carboxylic acids is 1. The summed E-state index contributed by atoms with van der Waals surface area (Å²) in [7, 11) is -3.43. The molecule has 50 heavy (non-hydrogen) atoms. The first-order valence-electron chi connectivity index (χ1n) is 16.2. The van der Waals surface area contributed by atoms with Gasteiger partial charge in [-0.25, -0.2) is 18.2 Å². The van der Waals surface area contributed by atoms with Crippen molar-refractivity contribution in [3.63, 3.8) is 0 Å². The monoisotopic (exact) mass is 695 g/mol. The van der Waals surface area contributed by atoms with Crippen molar-refractivity contribution in [2.75, 3.05) is 15.9 Å². The number of hydrogen-bond acceptors (Lipinski definition) is 7. The van der Waals surface area contributed by atoms with Gasteiger partial charge in [-0.2, -0.15) is 0 Å². The normalized spacial score (nSPS) is 11.8. The van der Waals surface area contributed by atoms with Gasteiger partial charge in [0.2, 0.25) is 15.9 Å². The first-order chi connectivity index (χ1) is 24.0. The minimum absolute atomic E-state index is 0.138. The van der Waals surface area contributed by atoms with Crippen LogP contribution in [-0.2, 0) is 45.5 Å². The minimum atomic E-state index is -3.43. The molecule has 0 radical (unpaired) electrons. The quantitative estimate of drug-likeness (QED) is 0.0894. The summed E-state index contributed by atoms with van der Waals surface area (Å²) in [6.07, 6.45) is 5.74. The van der Waals surface area contributed by atoms with Crippen LogP contribution >= 0.6 is 0 Å². The van der Waals surface area contributed by atoms with Gasteiger partial charge in [0.1, 0.15) is 17.5 Å². The van der Waals surface area contributed by atoms with Gasteiger partial charge >= 0.3 is 5.97 Å². The lowest BCUT2D eigenvalue weighted by Gasteiger charge is -2.28. The van der Waals surface area contributed by atoms with Crippen molar-refractivity contribution in [3.8, 4) is 11.5 Å². The highest BCUT2D eigenvalue weighted by molar-refractivity contribution is 7.92. The minimum Gasteiger partial charge on any atom is -0.480 e. The Labute approximate surface area is 292 Å². The van der Waals surface area contributed by atoms with Gasteiger partial charge in [-0.3, -0.25) is 9.52 Å². The van der Waals surface area contributed by atoms with E-state index in [1.54, 1.807) is 12.3 Å². The third-order valence-electron chi connectivity index (χ3n) is 8.09. The van der Waals surface area contributed by atoms with Crippen molar-refractivity contribution in [1.82, 2.24) is 15.3 Å². The molecule has 0 aliphatic heterocycles. The summed E-state index contributed by atoms with van der Waals surface area (Å²) in [6.45, 7) is 3.14. The number of imidazole rings is 1. The number of aromatic nitrogens is 2. The Balaban J connectivity index is 1.16. The van der Waals surface area contributed by atoms with Crippen LogP contribution in [0.3, 0.4) is 0 Å². The number of nitrogens with one attached hydrogen (secondary N) is 3. The van der Waals surface area contributed by atoms with E-state index in [9.17, 15) is 23.1 Å². The second kappa shape index (κ2) is 16.7. The van der Waals surface area contributed by atoms with Crippen LogP contribution in [0.1, 0.15) is 40.8 Å². The Morgan fingerprint density at radius 3 is 2.12 bits per heavy atom. The van der Waals surface area contributed by atoms with Crippen molar-refractivity contribution < 1.29 is 27.9 Å². The van der Waals surface area contributed by atoms with Gasteiger partial charge in [0, 0.05) is 43.5 Å². The van der Waals surface area contributed by atoms with E-state index in [4.69, 9.17) is 4.74 Å². The number of aryl methyl sites for hydroxylation is 1. The number of carbonyl (C=O) groups is 2. The summed E-state index contributed by atoms with van der Waals surface area (Å²) >= 11 is 0. The Kier molecular flexibility index (Phi) is 11.9. The van der Waals surface area contributed by atoms with Crippen molar-refractivity contribution >= 4 is 33.3 Å². The summed E-state index contributed by atoms with van der Waals surface area (Å²) in [5, 5.41) is 12.1. The summed E-state index contributed by atoms with van der Waals surface area (Å²) in [4.78, 5) is 32.9. The molecule has 260 valence electrons. The smallest absolute Gasteiger partial charge is 0.326 e. The zero-order valence-electron chi connectivity index (χ0n) is 28.0. The number of carboxylic acid groups (broad SMARTS) is 1. The third-order valence-corrected chi connectivity index (χ3v) is 8.69. The van der Waals surface area contributed by atoms with Gasteiger partial charge in [0.15, 0.2) is 0 Å². The summed E-state index contributed by atoms with van der Waals surface area (Å²) in [6, 6.07) is 30.3. The van der Waals surface area contributed by atoms with Crippen LogP contribution < -0.4 is 19.7 Å². The third kappa shape index (κ3) is 10.7. The largest absolute Gasteiger partial charge is 0.480 e. The van der Waals surface area contributed by atoms with E-state index in [0.717, 1.165) is 34.2 Å². The molecule has 11 nitrogen and oxygen atoms in total. The molecule has 0 unspecified atom stereocenters. The van der Waals surface area contributed by atoms with Crippen molar-refractivity contribution in [3.05, 3.63) is 138 Å². The van der Waals surface area contributed by atoms with Crippen molar-refractivity contribution in [1.29, 1.82) is 0 Å². The predicted molar refractivity (Wildman–Crippen MR) is 194 cm³/mol. The highest BCUT2D eigenvalue weighted by atomic mass is 32.2. The van der Waals surface area contributed by atoms with E-state index in [2.05, 4.69) is 37.0 Å². The van der Waals surface area contributed by atoms with E-state index in [1.807, 2.05) is 85.8 Å². The van der Waals surface area contributed by atoms with Crippen LogP contribution in [0, 0.1) is 6.92 Å². The maximum Gasteiger partial charge on any atom is 0.326 e. The molecular weight excluding hydrogens is 655 g/mol. The number of carboxylic acids is 1. The average molecular weight is 696 g/mol. The van der Waals surface area contributed by atoms with E-state index in [0.29, 0.717) is 48.8 Å². The fraction of sp³-hybridized carbons (Fsp3) is 0.237. The second-order valence-electron chi connectivity index (χ2n) is 12.1. The maximum atomic E-state index is 12.4. The van der Waals surface area contributed by atoms with Crippen molar-refractivity contribution in [2.24, 2.45) is 0 Å². The fourth-order valence-electron chi connectivity index (χ4n) is 5.59. The standard InChI is InChI=1S/C38H41N5O6S/c1-27-34(42-50(2,47)48)11-7-12-36(27)43(24-29-8-4-3-5-9-29)25-30-16-20-33(21-17-30)49-32-18-14-28(15-19-32)10-6-13-37(44)41-35(38(45)46)22-31-23-39-26-40-31/h3-5,7-9,11-12,14-21,23,26,35,42H,6,10,13,22,24-25H2,1-2H3,(H,39,40)(H,41,44)(H,45,46)/t35-/m0/s1. The zero-order chi connectivity index (χ0) is 35.5. The summed E-state index contributed by atoms with van der Waals surface area (Å²) < 4.78 is 32.7. The van der Waals surface area contributed by atoms with Gasteiger partial charge in [-0.1, -0.05) is 60.7 Å². The number of benzene rings is 4. The number of ether oxygens (including phenoxy) is 1. The fourth-order valence-corrected chi connectivity index (χ4v) is 6.21. The number of amides is 1. The molecule has 12 heteroatoms. The van der Waals surface area contributed by atoms with Crippen LogP contribution in [-0.4, -0.2) is 47.7 Å². The van der Waals surface area contributed by atoms with E-state index in [-0.39, 0.29) is 18.7 Å². The first-order valence-corrected chi connectivity index (χ1v) is 18.1. The molecule has 0 aliphatic rings. The lowest BCUT2D eigenvalue weighted by atomic mass is 10.1. The van der Waals surface area contributed by atoms with Crippen LogP contribution in [0.4, 0.5) is 11.4 Å². The number of rotatable bonds is 17. The number of H-pyrrole nitrogens is 1. The molecule has 5 aromatic rings. The number of carbonyl (C=O) groups excluding carboxylic acids is 1. The molecule has 1 atom stereocenters. The number of aromatic amines is 1. The Morgan fingerprint density at radius 2 is 1.52 bits per heavy atom. The molecule has 0 saturated carbocycles. The van der Waals surface area contributed by atoms with Crippen LogP contribution in [0.25, 0.3) is 0 Å². The molecule has 1 aromatic heterocycles. The summed E-state index contributed by atoms with van der Waals surface area (Å²) in [5.74, 6) is -0.0354. The maximum absolute atomic E-state index is 12.4. The van der Waals surface area contributed by atoms with E-state index < -0.39 is 22.0 Å². The highest BCUT2D eigenvalue weighted by Crippen LogP contribution is 2.31. The number of hydrogen-bond donors (Lipinski definition) is 4. The Morgan fingerprint density at radius 1 is 0.880 bits per heavy atom. The molecule has 5 rings (SSSR count). The topological polar surface area (TPSA) is 154 Å². The van der Waals surface area contributed by atoms with Gasteiger partial charge in [0.25, 0.3) is 0 Å². The first kappa shape index (κ1) is 35.7. The molecule has 4 N–H and O–H groups in total. The van der Waals surface area contributed by atoms with Gasteiger partial charge in [-0.15, -0.1) is 0 Å². The van der Waals surface area contributed by atoms with Gasteiger partial charge < -0.3 is 25.0 Å². The molecule has 4 aromatic carbocycles. The van der Waals surface area contributed by atoms with E-state index in [1.165, 1.54) is 6.33 Å². The molecule has 0 saturated heterocycles. The highest BCUT2D eigenvalue weighted by Gasteiger charge is 2.21. The van der Waals surface area contributed by atoms with E-state index >= 15 is 0 Å². The average Bonchev–Trinajstić information content (AvgIpc) is 3.60. The summed E-state index contributed by atoms with van der Waals surface area (Å²) in [5.41, 5.74) is 6.19.